The molecule has 1 aromatic heterocycles. The quantitative estimate of drug-likeness (QED) is 0.688. The fraction of sp³-hybridized carbons (Fsp3) is 0.640. The molecule has 0 unspecified atom stereocenters. The van der Waals surface area contributed by atoms with Crippen LogP contribution in [0.5, 0.6) is 0 Å². The molecule has 2 aromatic rings. The number of nitrogens with one attached hydrogen (secondary N) is 1. The van der Waals surface area contributed by atoms with Gasteiger partial charge in [-0.25, -0.2) is 4.79 Å². The van der Waals surface area contributed by atoms with Gasteiger partial charge in [-0.3, -0.25) is 0 Å². The summed E-state index contributed by atoms with van der Waals surface area (Å²) < 4.78 is 40.0. The fourth-order valence-electron chi connectivity index (χ4n) is 6.34. The van der Waals surface area contributed by atoms with E-state index in [0.29, 0.717) is 30.4 Å². The van der Waals surface area contributed by atoms with Gasteiger partial charge in [0.2, 0.25) is 0 Å². The molecule has 5 aliphatic rings. The Morgan fingerprint density at radius 3 is 2.20 bits per heavy atom. The molecule has 35 heavy (non-hydrogen) atoms. The van der Waals surface area contributed by atoms with E-state index >= 15 is 0 Å². The molecule has 0 bridgehead atoms. The summed E-state index contributed by atoms with van der Waals surface area (Å²) in [5.41, 5.74) is -0.919. The van der Waals surface area contributed by atoms with Gasteiger partial charge in [0.1, 0.15) is 11.4 Å². The molecular formula is C25H28F3N5O2. The molecule has 3 aliphatic carbocycles. The Bertz CT molecular complexity index is 1160. The van der Waals surface area contributed by atoms with E-state index in [4.69, 9.17) is 0 Å². The van der Waals surface area contributed by atoms with Crippen molar-refractivity contribution in [2.75, 3.05) is 26.2 Å². The van der Waals surface area contributed by atoms with E-state index in [1.807, 2.05) is 9.80 Å². The van der Waals surface area contributed by atoms with Gasteiger partial charge in [-0.2, -0.15) is 13.2 Å². The average molecular weight is 488 g/mol. The van der Waals surface area contributed by atoms with Gasteiger partial charge in [-0.1, -0.05) is 24.3 Å². The number of amides is 2. The summed E-state index contributed by atoms with van der Waals surface area (Å²) in [7, 11) is 0. The van der Waals surface area contributed by atoms with Crippen LogP contribution in [-0.2, 0) is 11.0 Å². The van der Waals surface area contributed by atoms with E-state index in [1.165, 1.54) is 0 Å². The molecule has 2 saturated heterocycles. The number of urea groups is 1. The van der Waals surface area contributed by atoms with Gasteiger partial charge in [0.15, 0.2) is 5.82 Å². The lowest BCUT2D eigenvalue weighted by atomic mass is 9.57. The van der Waals surface area contributed by atoms with Crippen LogP contribution in [0.1, 0.15) is 73.1 Å². The van der Waals surface area contributed by atoms with Crippen LogP contribution in [0.25, 0.3) is 0 Å². The van der Waals surface area contributed by atoms with Crippen molar-refractivity contribution < 1.29 is 23.1 Å². The number of carbonyl (C=O) groups is 1. The molecule has 0 radical (unpaired) electrons. The monoisotopic (exact) mass is 487 g/mol. The van der Waals surface area contributed by atoms with Gasteiger partial charge in [0, 0.05) is 43.4 Å². The molecule has 7 rings (SSSR count). The van der Waals surface area contributed by atoms with Crippen LogP contribution >= 0.6 is 0 Å². The first kappa shape index (κ1) is 21.6. The van der Waals surface area contributed by atoms with E-state index in [2.05, 4.69) is 15.2 Å². The lowest BCUT2D eigenvalue weighted by Crippen LogP contribution is -2.67. The number of nitrogens with zero attached hydrogens (tertiary/aromatic N) is 4. The van der Waals surface area contributed by atoms with Crippen LogP contribution in [0, 0.1) is 5.41 Å². The number of aromatic amines is 1. The molecule has 2 N–H and O–H groups in total. The molecule has 2 amide bonds. The maximum Gasteiger partial charge on any atom is 0.398 e. The fourth-order valence-corrected chi connectivity index (χ4v) is 6.34. The standard InChI is InChI=1S/C25H28F3N5O2/c26-25(27,28)23(5-6-23)18-3-1-15(2-4-18)17-11-32(12-17)21(34)33-13-22(14-33)9-16(10-22)19-29-20(31-30-19)24(35)7-8-24/h1-4,16-17,35H,5-14H2,(H,29,30,31). The van der Waals surface area contributed by atoms with Crippen LogP contribution in [0.2, 0.25) is 0 Å². The Labute approximate surface area is 200 Å². The molecule has 186 valence electrons. The maximum atomic E-state index is 13.3. The van der Waals surface area contributed by atoms with Crippen molar-refractivity contribution in [3.63, 3.8) is 0 Å². The molecule has 0 atom stereocenters. The highest BCUT2D eigenvalue weighted by Crippen LogP contribution is 2.59. The highest BCUT2D eigenvalue weighted by atomic mass is 19.4. The number of aromatic nitrogens is 3. The summed E-state index contributed by atoms with van der Waals surface area (Å²) in [6, 6.07) is 6.90. The summed E-state index contributed by atoms with van der Waals surface area (Å²) in [6.07, 6.45) is -0.454. The minimum atomic E-state index is -4.19. The lowest BCUT2D eigenvalue weighted by molar-refractivity contribution is -0.160. The largest absolute Gasteiger partial charge is 0.398 e. The molecule has 10 heteroatoms. The number of H-pyrrole nitrogens is 1. The predicted molar refractivity (Wildman–Crippen MR) is 119 cm³/mol. The Balaban J connectivity index is 0.892. The number of carbonyl (C=O) groups excluding carboxylic acids is 1. The van der Waals surface area contributed by atoms with E-state index in [0.717, 1.165) is 50.2 Å². The Morgan fingerprint density at radius 2 is 1.63 bits per heavy atom. The predicted octanol–water partition coefficient (Wildman–Crippen LogP) is 3.78. The average Bonchev–Trinajstić information content (AvgIpc) is 3.63. The van der Waals surface area contributed by atoms with Crippen molar-refractivity contribution >= 4 is 6.03 Å². The number of benzene rings is 1. The van der Waals surface area contributed by atoms with E-state index in [-0.39, 0.29) is 30.2 Å². The van der Waals surface area contributed by atoms with Crippen molar-refractivity contribution in [3.05, 3.63) is 47.0 Å². The molecule has 3 heterocycles. The summed E-state index contributed by atoms with van der Waals surface area (Å²) in [4.78, 5) is 19.8. The van der Waals surface area contributed by atoms with Crippen molar-refractivity contribution in [2.45, 2.75) is 67.6 Å². The third-order valence-corrected chi connectivity index (χ3v) is 9.12. The third-order valence-electron chi connectivity index (χ3n) is 9.12. The Kier molecular flexibility index (Phi) is 4.19. The summed E-state index contributed by atoms with van der Waals surface area (Å²) in [6.45, 7) is 2.72. The second kappa shape index (κ2) is 6.78. The Hall–Kier alpha value is -2.62. The molecule has 3 saturated carbocycles. The van der Waals surface area contributed by atoms with E-state index in [1.54, 1.807) is 24.3 Å². The molecule has 1 aromatic carbocycles. The Morgan fingerprint density at radius 1 is 0.971 bits per heavy atom. The van der Waals surface area contributed by atoms with Crippen molar-refractivity contribution in [2.24, 2.45) is 5.41 Å². The van der Waals surface area contributed by atoms with Crippen molar-refractivity contribution in [3.8, 4) is 0 Å². The number of hydrogen-bond acceptors (Lipinski definition) is 4. The van der Waals surface area contributed by atoms with Crippen molar-refractivity contribution in [1.82, 2.24) is 25.0 Å². The maximum absolute atomic E-state index is 13.3. The normalized spacial score (nSPS) is 26.2. The first-order valence-corrected chi connectivity index (χ1v) is 12.5. The molecular weight excluding hydrogens is 459 g/mol. The number of likely N-dealkylation sites (tertiary alicyclic amines) is 2. The number of aliphatic hydroxyl groups is 1. The smallest absolute Gasteiger partial charge is 0.382 e. The van der Waals surface area contributed by atoms with Gasteiger partial charge in [0.25, 0.3) is 0 Å². The zero-order valence-corrected chi connectivity index (χ0v) is 19.3. The second-order valence-corrected chi connectivity index (χ2v) is 11.6. The van der Waals surface area contributed by atoms with Crippen LogP contribution in [0.4, 0.5) is 18.0 Å². The first-order valence-electron chi connectivity index (χ1n) is 12.5. The van der Waals surface area contributed by atoms with Gasteiger partial charge in [-0.05, 0) is 49.7 Å². The van der Waals surface area contributed by atoms with Crippen LogP contribution < -0.4 is 0 Å². The summed E-state index contributed by atoms with van der Waals surface area (Å²) in [5, 5.41) is 18.5. The van der Waals surface area contributed by atoms with Crippen LogP contribution in [-0.4, -0.2) is 68.5 Å². The summed E-state index contributed by atoms with van der Waals surface area (Å²) >= 11 is 0. The van der Waals surface area contributed by atoms with Gasteiger partial charge in [-0.15, -0.1) is 10.2 Å². The topological polar surface area (TPSA) is 85.3 Å². The van der Waals surface area contributed by atoms with E-state index in [9.17, 15) is 23.1 Å². The lowest BCUT2D eigenvalue weighted by Gasteiger charge is -2.59. The summed E-state index contributed by atoms with van der Waals surface area (Å²) in [5.74, 6) is 1.90. The minimum Gasteiger partial charge on any atom is -0.382 e. The SMILES string of the molecule is O=C(N1CC(c2ccc(C3(C(F)(F)F)CC3)cc2)C1)N1CC2(CC(c3nnc(C4(O)CC4)[nH]3)C2)C1. The van der Waals surface area contributed by atoms with E-state index < -0.39 is 17.2 Å². The molecule has 5 fully saturated rings. The van der Waals surface area contributed by atoms with Gasteiger partial charge >= 0.3 is 12.2 Å². The van der Waals surface area contributed by atoms with Crippen LogP contribution in [0.15, 0.2) is 24.3 Å². The minimum absolute atomic E-state index is 0.0545. The molecule has 1 spiro atoms. The zero-order valence-electron chi connectivity index (χ0n) is 19.3. The highest BCUT2D eigenvalue weighted by Gasteiger charge is 2.64. The zero-order chi connectivity index (χ0) is 24.2. The number of alkyl halides is 3. The van der Waals surface area contributed by atoms with Crippen molar-refractivity contribution in [1.29, 1.82) is 0 Å². The van der Waals surface area contributed by atoms with Gasteiger partial charge < -0.3 is 19.9 Å². The first-order chi connectivity index (χ1) is 16.6. The number of halogens is 3. The van der Waals surface area contributed by atoms with Crippen LogP contribution in [0.3, 0.4) is 0 Å². The van der Waals surface area contributed by atoms with Gasteiger partial charge in [0.05, 0.1) is 5.41 Å². The highest BCUT2D eigenvalue weighted by molar-refractivity contribution is 5.77. The molecule has 2 aliphatic heterocycles. The number of rotatable bonds is 4. The third kappa shape index (κ3) is 3.24. The number of hydrogen-bond donors (Lipinski definition) is 2. The second-order valence-electron chi connectivity index (χ2n) is 11.6. The molecule has 7 nitrogen and oxygen atoms in total.